The van der Waals surface area contributed by atoms with Crippen LogP contribution in [0.15, 0.2) is 58.3 Å². The van der Waals surface area contributed by atoms with Crippen molar-refractivity contribution in [3.63, 3.8) is 0 Å². The molecule has 0 N–H and O–H groups in total. The molecule has 0 atom stereocenters. The number of allylic oxidation sites excluding steroid dienone is 1. The van der Waals surface area contributed by atoms with Crippen LogP contribution in [-0.2, 0) is 0 Å². The van der Waals surface area contributed by atoms with E-state index in [-0.39, 0.29) is 11.6 Å². The molecule has 22 heavy (non-hydrogen) atoms. The monoisotopic (exact) mass is 349 g/mol. The molecule has 0 radical (unpaired) electrons. The average Bonchev–Trinajstić information content (AvgIpc) is 2.89. The van der Waals surface area contributed by atoms with Crippen LogP contribution < -0.4 is 0 Å². The molecular weight excluding hydrogens is 341 g/mol. The quantitative estimate of drug-likeness (QED) is 0.350. The Labute approximate surface area is 139 Å². The van der Waals surface area contributed by atoms with Crippen molar-refractivity contribution in [3.05, 3.63) is 70.4 Å². The second-order valence-corrected chi connectivity index (χ2v) is 7.00. The molecule has 3 rings (SSSR count). The van der Waals surface area contributed by atoms with Crippen LogP contribution in [0.1, 0.15) is 10.4 Å². The molecular formula is C16H9ClFNOS2. The first kappa shape index (κ1) is 15.2. The zero-order valence-corrected chi connectivity index (χ0v) is 13.5. The molecule has 110 valence electrons. The van der Waals surface area contributed by atoms with Crippen molar-refractivity contribution in [2.45, 2.75) is 4.34 Å². The molecule has 0 saturated heterocycles. The average molecular weight is 350 g/mol. The van der Waals surface area contributed by atoms with E-state index in [1.54, 1.807) is 5.41 Å². The normalized spacial score (nSPS) is 11.4. The predicted molar refractivity (Wildman–Crippen MR) is 90.4 cm³/mol. The fourth-order valence-corrected chi connectivity index (χ4v) is 3.73. The number of fused-ring (bicyclic) bond motifs is 1. The van der Waals surface area contributed by atoms with E-state index in [2.05, 4.69) is 4.98 Å². The van der Waals surface area contributed by atoms with Gasteiger partial charge in [-0.15, -0.1) is 11.3 Å². The van der Waals surface area contributed by atoms with Crippen molar-refractivity contribution < 1.29 is 9.18 Å². The van der Waals surface area contributed by atoms with Crippen molar-refractivity contribution in [2.75, 3.05) is 0 Å². The molecule has 2 nitrogen and oxygen atoms in total. The Morgan fingerprint density at radius 2 is 2.00 bits per heavy atom. The lowest BCUT2D eigenvalue weighted by molar-refractivity contribution is 0.104. The second kappa shape index (κ2) is 6.60. The molecule has 6 heteroatoms. The lowest BCUT2D eigenvalue weighted by atomic mass is 10.1. The maximum Gasteiger partial charge on any atom is 0.186 e. The minimum atomic E-state index is -0.358. The van der Waals surface area contributed by atoms with Crippen LogP contribution in [0.5, 0.6) is 0 Å². The SMILES string of the molecule is O=C(C=CSc1nc2cc(Cl)ccc2s1)c1ccc(F)cc1. The Kier molecular flexibility index (Phi) is 4.57. The zero-order valence-electron chi connectivity index (χ0n) is 11.1. The number of rotatable bonds is 4. The van der Waals surface area contributed by atoms with Crippen molar-refractivity contribution in [1.82, 2.24) is 4.98 Å². The van der Waals surface area contributed by atoms with Crippen LogP contribution in [0.2, 0.25) is 5.02 Å². The van der Waals surface area contributed by atoms with Crippen LogP contribution in [0, 0.1) is 5.82 Å². The third kappa shape index (κ3) is 3.55. The van der Waals surface area contributed by atoms with Gasteiger partial charge >= 0.3 is 0 Å². The molecule has 2 aromatic carbocycles. The van der Waals surface area contributed by atoms with Gasteiger partial charge < -0.3 is 0 Å². The summed E-state index contributed by atoms with van der Waals surface area (Å²) in [4.78, 5) is 16.3. The van der Waals surface area contributed by atoms with E-state index in [4.69, 9.17) is 11.6 Å². The number of hydrogen-bond acceptors (Lipinski definition) is 4. The highest BCUT2D eigenvalue weighted by Gasteiger charge is 2.05. The number of aromatic nitrogens is 1. The number of benzene rings is 2. The maximum atomic E-state index is 12.8. The van der Waals surface area contributed by atoms with Gasteiger partial charge in [-0.25, -0.2) is 9.37 Å². The largest absolute Gasteiger partial charge is 0.289 e. The molecule has 0 spiro atoms. The van der Waals surface area contributed by atoms with Gasteiger partial charge in [0.05, 0.1) is 10.2 Å². The van der Waals surface area contributed by atoms with Crippen molar-refractivity contribution in [2.24, 2.45) is 0 Å². The summed E-state index contributed by atoms with van der Waals surface area (Å²) in [6, 6.07) is 11.0. The summed E-state index contributed by atoms with van der Waals surface area (Å²) in [6.07, 6.45) is 1.46. The van der Waals surface area contributed by atoms with Crippen LogP contribution in [0.4, 0.5) is 4.39 Å². The Balaban J connectivity index is 1.70. The molecule has 1 heterocycles. The second-order valence-electron chi connectivity index (χ2n) is 4.38. The van der Waals surface area contributed by atoms with Gasteiger partial charge in [0.25, 0.3) is 0 Å². The summed E-state index contributed by atoms with van der Waals surface area (Å²) in [6.45, 7) is 0. The molecule has 0 bridgehead atoms. The fourth-order valence-electron chi connectivity index (χ4n) is 1.79. The number of thiazole rings is 1. The Hall–Kier alpha value is -1.69. The highest BCUT2D eigenvalue weighted by Crippen LogP contribution is 2.31. The highest BCUT2D eigenvalue weighted by molar-refractivity contribution is 8.03. The number of nitrogens with zero attached hydrogens (tertiary/aromatic N) is 1. The highest BCUT2D eigenvalue weighted by atomic mass is 35.5. The van der Waals surface area contributed by atoms with E-state index in [0.717, 1.165) is 14.6 Å². The van der Waals surface area contributed by atoms with Crippen LogP contribution in [0.25, 0.3) is 10.2 Å². The lowest BCUT2D eigenvalue weighted by Crippen LogP contribution is -1.93. The molecule has 0 aliphatic rings. The van der Waals surface area contributed by atoms with Gasteiger partial charge in [-0.2, -0.15) is 0 Å². The van der Waals surface area contributed by atoms with Gasteiger partial charge in [0.2, 0.25) is 0 Å². The van der Waals surface area contributed by atoms with Gasteiger partial charge in [0.1, 0.15) is 5.82 Å². The van der Waals surface area contributed by atoms with E-state index in [9.17, 15) is 9.18 Å². The van der Waals surface area contributed by atoms with Gasteiger partial charge in [-0.3, -0.25) is 4.79 Å². The molecule has 3 aromatic rings. The molecule has 0 unspecified atom stereocenters. The molecule has 0 saturated carbocycles. The molecule has 0 fully saturated rings. The van der Waals surface area contributed by atoms with E-state index in [0.29, 0.717) is 10.6 Å². The minimum Gasteiger partial charge on any atom is -0.289 e. The van der Waals surface area contributed by atoms with Crippen molar-refractivity contribution in [3.8, 4) is 0 Å². The standard InChI is InChI=1S/C16H9ClFNOS2/c17-11-3-6-15-13(9-11)19-16(22-15)21-8-7-14(20)10-1-4-12(18)5-2-10/h1-9H. The van der Waals surface area contributed by atoms with Crippen molar-refractivity contribution >= 4 is 50.7 Å². The summed E-state index contributed by atoms with van der Waals surface area (Å²) in [5.74, 6) is -0.528. The number of halogens is 2. The summed E-state index contributed by atoms with van der Waals surface area (Å²) >= 11 is 8.83. The van der Waals surface area contributed by atoms with E-state index in [1.807, 2.05) is 18.2 Å². The summed E-state index contributed by atoms with van der Waals surface area (Å²) in [7, 11) is 0. The van der Waals surface area contributed by atoms with Gasteiger partial charge in [-0.05, 0) is 53.9 Å². The number of carbonyl (C=O) groups is 1. The summed E-state index contributed by atoms with van der Waals surface area (Å²) < 4.78 is 14.7. The minimum absolute atomic E-state index is 0.170. The maximum absolute atomic E-state index is 12.8. The van der Waals surface area contributed by atoms with Gasteiger partial charge in [-0.1, -0.05) is 23.4 Å². The first-order chi connectivity index (χ1) is 10.6. The third-order valence-electron chi connectivity index (χ3n) is 2.85. The van der Waals surface area contributed by atoms with E-state index in [1.165, 1.54) is 53.4 Å². The van der Waals surface area contributed by atoms with E-state index >= 15 is 0 Å². The first-order valence-electron chi connectivity index (χ1n) is 6.31. The Morgan fingerprint density at radius 1 is 1.23 bits per heavy atom. The topological polar surface area (TPSA) is 30.0 Å². The Bertz CT molecular complexity index is 858. The van der Waals surface area contributed by atoms with Crippen LogP contribution in [0.3, 0.4) is 0 Å². The molecule has 0 amide bonds. The van der Waals surface area contributed by atoms with Gasteiger partial charge in [0, 0.05) is 10.6 Å². The number of thioether (sulfide) groups is 1. The van der Waals surface area contributed by atoms with Crippen LogP contribution in [-0.4, -0.2) is 10.8 Å². The predicted octanol–water partition coefficient (Wildman–Crippen LogP) is 5.58. The van der Waals surface area contributed by atoms with Gasteiger partial charge in [0.15, 0.2) is 10.1 Å². The van der Waals surface area contributed by atoms with Crippen LogP contribution >= 0.6 is 34.7 Å². The number of carbonyl (C=O) groups excluding carboxylic acids is 1. The molecule has 0 aliphatic heterocycles. The lowest BCUT2D eigenvalue weighted by Gasteiger charge is -1.94. The number of ketones is 1. The molecule has 0 aliphatic carbocycles. The summed E-state index contributed by atoms with van der Waals surface area (Å²) in [5.41, 5.74) is 1.30. The van der Waals surface area contributed by atoms with Crippen molar-refractivity contribution in [1.29, 1.82) is 0 Å². The molecule has 1 aromatic heterocycles. The fraction of sp³-hybridized carbons (Fsp3) is 0. The van der Waals surface area contributed by atoms with E-state index < -0.39 is 0 Å². The Morgan fingerprint density at radius 3 is 2.77 bits per heavy atom. The smallest absolute Gasteiger partial charge is 0.186 e. The third-order valence-corrected chi connectivity index (χ3v) is 5.02. The number of hydrogen-bond donors (Lipinski definition) is 0. The summed E-state index contributed by atoms with van der Waals surface area (Å²) in [5, 5.41) is 2.33. The zero-order chi connectivity index (χ0) is 15.5. The first-order valence-corrected chi connectivity index (χ1v) is 8.38.